The van der Waals surface area contributed by atoms with Crippen LogP contribution in [0.3, 0.4) is 0 Å². The van der Waals surface area contributed by atoms with Crippen LogP contribution in [0.1, 0.15) is 43.2 Å². The zero-order valence-corrected chi connectivity index (χ0v) is 17.7. The van der Waals surface area contributed by atoms with E-state index in [4.69, 9.17) is 9.47 Å². The van der Waals surface area contributed by atoms with Gasteiger partial charge in [0.25, 0.3) is 5.24 Å². The van der Waals surface area contributed by atoms with Gasteiger partial charge in [-0.1, -0.05) is 25.1 Å². The summed E-state index contributed by atoms with van der Waals surface area (Å²) < 4.78 is 11.1. The van der Waals surface area contributed by atoms with Crippen molar-refractivity contribution < 1.29 is 23.9 Å². The maximum atomic E-state index is 11.7. The summed E-state index contributed by atoms with van der Waals surface area (Å²) in [5.41, 5.74) is 2.70. The van der Waals surface area contributed by atoms with Gasteiger partial charge in [-0.2, -0.15) is 0 Å². The molecule has 1 amide bonds. The Morgan fingerprint density at radius 2 is 1.97 bits per heavy atom. The third-order valence-corrected chi connectivity index (χ3v) is 5.46. The quantitative estimate of drug-likeness (QED) is 0.610. The van der Waals surface area contributed by atoms with Gasteiger partial charge in [0, 0.05) is 48.5 Å². The van der Waals surface area contributed by atoms with E-state index in [2.05, 4.69) is 10.3 Å². The summed E-state index contributed by atoms with van der Waals surface area (Å²) in [4.78, 5) is 38.7. The van der Waals surface area contributed by atoms with E-state index in [-0.39, 0.29) is 22.4 Å². The minimum atomic E-state index is -0.462. The average Bonchev–Trinajstić information content (AvgIpc) is 3.06. The van der Waals surface area contributed by atoms with Gasteiger partial charge in [0.05, 0.1) is 6.61 Å². The Morgan fingerprint density at radius 3 is 2.57 bits per heavy atom. The fourth-order valence-corrected chi connectivity index (χ4v) is 3.60. The number of aromatic nitrogens is 1. The van der Waals surface area contributed by atoms with Gasteiger partial charge in [-0.3, -0.25) is 19.4 Å². The first-order chi connectivity index (χ1) is 14.4. The van der Waals surface area contributed by atoms with Gasteiger partial charge in [0.15, 0.2) is 0 Å². The van der Waals surface area contributed by atoms with Crippen molar-refractivity contribution in [2.75, 3.05) is 6.61 Å². The number of ether oxygens (including phenoxy) is 2. The van der Waals surface area contributed by atoms with Crippen LogP contribution in [0.25, 0.3) is 0 Å². The summed E-state index contributed by atoms with van der Waals surface area (Å²) >= 11 is 0.724. The second-order valence-corrected chi connectivity index (χ2v) is 7.90. The molecule has 0 saturated carbocycles. The highest BCUT2D eigenvalue weighted by Gasteiger charge is 2.31. The number of thioether (sulfide) groups is 1. The highest BCUT2D eigenvalue weighted by atomic mass is 32.2. The zero-order chi connectivity index (χ0) is 21.5. The van der Waals surface area contributed by atoms with Gasteiger partial charge in [-0.25, -0.2) is 0 Å². The van der Waals surface area contributed by atoms with Crippen molar-refractivity contribution in [3.63, 3.8) is 0 Å². The first-order valence-corrected chi connectivity index (χ1v) is 10.6. The molecular formula is C22H24N2O5S. The largest absolute Gasteiger partial charge is 0.493 e. The number of amides is 1. The molecule has 2 aromatic rings. The van der Waals surface area contributed by atoms with E-state index in [0.717, 1.165) is 34.3 Å². The molecule has 1 aromatic heterocycles. The Hall–Kier alpha value is -2.87. The van der Waals surface area contributed by atoms with Gasteiger partial charge in [-0.15, -0.1) is 0 Å². The Kier molecular flexibility index (Phi) is 7.46. The first kappa shape index (κ1) is 21.8. The maximum absolute atomic E-state index is 11.7. The van der Waals surface area contributed by atoms with Crippen LogP contribution in [0.5, 0.6) is 5.75 Å². The Labute approximate surface area is 179 Å². The van der Waals surface area contributed by atoms with Crippen molar-refractivity contribution in [2.24, 2.45) is 0 Å². The molecule has 1 aliphatic rings. The fraction of sp³-hybridized carbons (Fsp3) is 0.364. The number of esters is 1. The predicted octanol–water partition coefficient (Wildman–Crippen LogP) is 3.61. The summed E-state index contributed by atoms with van der Waals surface area (Å²) in [5.74, 6) is 0.496. The lowest BCUT2D eigenvalue weighted by molar-refractivity contribution is -0.148. The SMILES string of the molecule is CCC(=O)OC(C)c1ccc(CCOc2ccc(CC3NC(=O)SC3=O)cc2)nc1. The average molecular weight is 429 g/mol. The van der Waals surface area contributed by atoms with E-state index in [9.17, 15) is 14.4 Å². The molecule has 1 saturated heterocycles. The van der Waals surface area contributed by atoms with Crippen LogP contribution < -0.4 is 10.1 Å². The lowest BCUT2D eigenvalue weighted by Crippen LogP contribution is -2.30. The lowest BCUT2D eigenvalue weighted by Gasteiger charge is -2.13. The number of nitrogens with zero attached hydrogens (tertiary/aromatic N) is 1. The molecule has 3 rings (SSSR count). The molecule has 30 heavy (non-hydrogen) atoms. The summed E-state index contributed by atoms with van der Waals surface area (Å²) in [6, 6.07) is 10.8. The van der Waals surface area contributed by atoms with E-state index in [1.54, 1.807) is 13.1 Å². The molecule has 1 aromatic carbocycles. The van der Waals surface area contributed by atoms with Gasteiger partial charge in [0.2, 0.25) is 5.12 Å². The van der Waals surface area contributed by atoms with Gasteiger partial charge in [0.1, 0.15) is 17.9 Å². The molecule has 0 aliphatic carbocycles. The molecule has 2 atom stereocenters. The van der Waals surface area contributed by atoms with Crippen molar-refractivity contribution >= 4 is 28.1 Å². The van der Waals surface area contributed by atoms with Gasteiger partial charge < -0.3 is 14.8 Å². The molecule has 0 spiro atoms. The number of hydrogen-bond acceptors (Lipinski definition) is 7. The minimum Gasteiger partial charge on any atom is -0.493 e. The van der Waals surface area contributed by atoms with Gasteiger partial charge >= 0.3 is 5.97 Å². The Balaban J connectivity index is 1.44. The highest BCUT2D eigenvalue weighted by molar-refractivity contribution is 8.26. The number of hydrogen-bond donors (Lipinski definition) is 1. The first-order valence-electron chi connectivity index (χ1n) is 9.83. The second kappa shape index (κ2) is 10.2. The summed E-state index contributed by atoms with van der Waals surface area (Å²) in [5, 5.41) is 2.22. The smallest absolute Gasteiger partial charge is 0.306 e. The molecule has 7 nitrogen and oxygen atoms in total. The summed E-state index contributed by atoms with van der Waals surface area (Å²) in [7, 11) is 0. The molecule has 0 radical (unpaired) electrons. The number of rotatable bonds is 9. The fourth-order valence-electron chi connectivity index (χ4n) is 2.93. The number of nitrogens with one attached hydrogen (secondary N) is 1. The number of pyridine rings is 1. The monoisotopic (exact) mass is 428 g/mol. The normalized spacial score (nSPS) is 16.8. The molecule has 1 N–H and O–H groups in total. The molecule has 1 fully saturated rings. The van der Waals surface area contributed by atoms with Crippen LogP contribution >= 0.6 is 11.8 Å². The maximum Gasteiger partial charge on any atom is 0.306 e. The van der Waals surface area contributed by atoms with E-state index < -0.39 is 6.04 Å². The van der Waals surface area contributed by atoms with E-state index in [1.165, 1.54) is 0 Å². The van der Waals surface area contributed by atoms with E-state index >= 15 is 0 Å². The topological polar surface area (TPSA) is 94.6 Å². The lowest BCUT2D eigenvalue weighted by atomic mass is 10.1. The Bertz CT molecular complexity index is 899. The molecule has 0 bridgehead atoms. The zero-order valence-electron chi connectivity index (χ0n) is 16.9. The van der Waals surface area contributed by atoms with Crippen molar-refractivity contribution in [2.45, 2.75) is 45.3 Å². The molecule has 8 heteroatoms. The molecule has 158 valence electrons. The van der Waals surface area contributed by atoms with E-state index in [1.807, 2.05) is 43.3 Å². The van der Waals surface area contributed by atoms with Crippen LogP contribution in [0.15, 0.2) is 42.6 Å². The van der Waals surface area contributed by atoms with Crippen molar-refractivity contribution in [3.05, 3.63) is 59.4 Å². The highest BCUT2D eigenvalue weighted by Crippen LogP contribution is 2.21. The van der Waals surface area contributed by atoms with Crippen LogP contribution in [0.4, 0.5) is 4.79 Å². The van der Waals surface area contributed by atoms with Crippen molar-refractivity contribution in [1.82, 2.24) is 10.3 Å². The number of benzene rings is 1. The molecular weight excluding hydrogens is 404 g/mol. The summed E-state index contributed by atoms with van der Waals surface area (Å²) in [6.45, 7) is 4.06. The minimum absolute atomic E-state index is 0.142. The van der Waals surface area contributed by atoms with Gasteiger partial charge in [-0.05, 0) is 30.7 Å². The molecule has 2 unspecified atom stereocenters. The van der Waals surface area contributed by atoms with Crippen molar-refractivity contribution in [3.8, 4) is 5.75 Å². The van der Waals surface area contributed by atoms with Crippen molar-refractivity contribution in [1.29, 1.82) is 0 Å². The summed E-state index contributed by atoms with van der Waals surface area (Å²) in [6.07, 6.45) is 2.87. The molecule has 1 aliphatic heterocycles. The van der Waals surface area contributed by atoms with E-state index in [0.29, 0.717) is 25.9 Å². The predicted molar refractivity (Wildman–Crippen MR) is 113 cm³/mol. The Morgan fingerprint density at radius 1 is 1.20 bits per heavy atom. The number of carbonyl (C=O) groups excluding carboxylic acids is 3. The third-order valence-electron chi connectivity index (χ3n) is 4.67. The van der Waals surface area contributed by atoms with Crippen LogP contribution in [0.2, 0.25) is 0 Å². The van der Waals surface area contributed by atoms with Crippen LogP contribution in [-0.4, -0.2) is 34.0 Å². The standard InChI is InChI=1S/C22H24N2O5S/c1-3-20(25)29-14(2)16-6-7-17(23-13-16)10-11-28-18-8-4-15(5-9-18)12-19-21(26)30-22(27)24-19/h4-9,13-14,19H,3,10-12H2,1-2H3,(H,24,27). The second-order valence-electron chi connectivity index (χ2n) is 6.92. The third kappa shape index (κ3) is 6.06. The molecule has 2 heterocycles. The van der Waals surface area contributed by atoms with Crippen LogP contribution in [-0.2, 0) is 27.2 Å². The van der Waals surface area contributed by atoms with Crippen LogP contribution in [0, 0.1) is 0 Å². The number of carbonyl (C=O) groups is 3.